The molecule has 3 rings (SSSR count). The molecule has 1 amide bonds. The lowest BCUT2D eigenvalue weighted by Gasteiger charge is -2.35. The first-order valence-electron chi connectivity index (χ1n) is 9.64. The maximum Gasteiger partial charge on any atom is 0.246 e. The van der Waals surface area contributed by atoms with Crippen molar-refractivity contribution in [3.8, 4) is 11.5 Å². The molecule has 0 N–H and O–H groups in total. The monoisotopic (exact) mass is 415 g/mol. The van der Waals surface area contributed by atoms with E-state index in [-0.39, 0.29) is 12.0 Å². The van der Waals surface area contributed by atoms with Gasteiger partial charge < -0.3 is 19.3 Å². The van der Waals surface area contributed by atoms with Gasteiger partial charge in [0.05, 0.1) is 18.2 Å². The van der Waals surface area contributed by atoms with E-state index in [1.54, 1.807) is 37.7 Å². The van der Waals surface area contributed by atoms with Gasteiger partial charge in [0.2, 0.25) is 5.91 Å². The van der Waals surface area contributed by atoms with Crippen LogP contribution in [0.3, 0.4) is 0 Å². The Morgan fingerprint density at radius 1 is 1.17 bits per heavy atom. The van der Waals surface area contributed by atoms with E-state index in [1.807, 2.05) is 36.9 Å². The molecular weight excluding hydrogens is 390 g/mol. The molecule has 1 aliphatic heterocycles. The van der Waals surface area contributed by atoms with Crippen LogP contribution < -0.4 is 14.4 Å². The van der Waals surface area contributed by atoms with E-state index in [9.17, 15) is 4.79 Å². The van der Waals surface area contributed by atoms with Crippen LogP contribution in [-0.2, 0) is 4.79 Å². The summed E-state index contributed by atoms with van der Waals surface area (Å²) in [5.41, 5.74) is 1.92. The van der Waals surface area contributed by atoms with Crippen molar-refractivity contribution >= 4 is 29.3 Å². The fourth-order valence-electron chi connectivity index (χ4n) is 3.20. The highest BCUT2D eigenvalue weighted by molar-refractivity contribution is 6.32. The molecule has 1 aromatic carbocycles. The molecule has 1 fully saturated rings. The molecule has 1 saturated heterocycles. The zero-order chi connectivity index (χ0) is 20.8. The number of piperazine rings is 1. The highest BCUT2D eigenvalue weighted by atomic mass is 35.5. The number of nitrogens with zero attached hydrogens (tertiary/aromatic N) is 3. The first-order chi connectivity index (χ1) is 14.0. The molecule has 154 valence electrons. The molecule has 0 atom stereocenters. The van der Waals surface area contributed by atoms with E-state index < -0.39 is 0 Å². The van der Waals surface area contributed by atoms with Crippen molar-refractivity contribution < 1.29 is 14.3 Å². The Morgan fingerprint density at radius 2 is 1.86 bits per heavy atom. The van der Waals surface area contributed by atoms with Crippen LogP contribution in [0.15, 0.2) is 42.7 Å². The zero-order valence-corrected chi connectivity index (χ0v) is 17.7. The molecule has 29 heavy (non-hydrogen) atoms. The summed E-state index contributed by atoms with van der Waals surface area (Å²) in [5, 5.41) is 0.455. The number of amides is 1. The summed E-state index contributed by atoms with van der Waals surface area (Å²) in [5.74, 6) is 1.04. The SMILES string of the molecule is COc1cc(/C=C/C(=O)N2CCN(c3ccncc3)CC2)cc(Cl)c1OC(C)C. The topological polar surface area (TPSA) is 54.9 Å². The minimum Gasteiger partial charge on any atom is -0.493 e. The van der Waals surface area contributed by atoms with Gasteiger partial charge in [0.1, 0.15) is 0 Å². The van der Waals surface area contributed by atoms with Gasteiger partial charge >= 0.3 is 0 Å². The van der Waals surface area contributed by atoms with Crippen molar-refractivity contribution in [3.05, 3.63) is 53.3 Å². The quantitative estimate of drug-likeness (QED) is 0.670. The Kier molecular flexibility index (Phi) is 6.99. The zero-order valence-electron chi connectivity index (χ0n) is 17.0. The smallest absolute Gasteiger partial charge is 0.246 e. The van der Waals surface area contributed by atoms with Gasteiger partial charge in [0.25, 0.3) is 0 Å². The molecule has 2 aromatic rings. The summed E-state index contributed by atoms with van der Waals surface area (Å²) in [7, 11) is 1.57. The van der Waals surface area contributed by atoms with Crippen LogP contribution in [0.2, 0.25) is 5.02 Å². The van der Waals surface area contributed by atoms with Gasteiger partial charge in [0.15, 0.2) is 11.5 Å². The predicted octanol–water partition coefficient (Wildman–Crippen LogP) is 3.89. The van der Waals surface area contributed by atoms with Crippen LogP contribution in [0.4, 0.5) is 5.69 Å². The number of ether oxygens (including phenoxy) is 2. The van der Waals surface area contributed by atoms with Crippen LogP contribution in [0.1, 0.15) is 19.4 Å². The number of aromatic nitrogens is 1. The van der Waals surface area contributed by atoms with Gasteiger partial charge in [-0.3, -0.25) is 9.78 Å². The van der Waals surface area contributed by atoms with Gasteiger partial charge in [-0.15, -0.1) is 0 Å². The first-order valence-corrected chi connectivity index (χ1v) is 10.0. The summed E-state index contributed by atoms with van der Waals surface area (Å²) >= 11 is 6.35. The van der Waals surface area contributed by atoms with E-state index in [0.29, 0.717) is 29.6 Å². The number of carbonyl (C=O) groups is 1. The van der Waals surface area contributed by atoms with E-state index >= 15 is 0 Å². The number of pyridine rings is 1. The van der Waals surface area contributed by atoms with Gasteiger partial charge in [-0.05, 0) is 49.8 Å². The minimum absolute atomic E-state index is 0.0167. The molecule has 2 heterocycles. The number of hydrogen-bond donors (Lipinski definition) is 0. The highest BCUT2D eigenvalue weighted by Crippen LogP contribution is 2.37. The summed E-state index contributed by atoms with van der Waals surface area (Å²) in [6.45, 7) is 6.80. The average Bonchev–Trinajstić information content (AvgIpc) is 2.74. The van der Waals surface area contributed by atoms with E-state index in [4.69, 9.17) is 21.1 Å². The lowest BCUT2D eigenvalue weighted by atomic mass is 10.1. The lowest BCUT2D eigenvalue weighted by molar-refractivity contribution is -0.126. The number of hydrogen-bond acceptors (Lipinski definition) is 5. The Labute approximate surface area is 176 Å². The molecule has 6 nitrogen and oxygen atoms in total. The third kappa shape index (κ3) is 5.41. The Bertz CT molecular complexity index is 863. The minimum atomic E-state index is -0.0183. The van der Waals surface area contributed by atoms with Crippen molar-refractivity contribution in [1.29, 1.82) is 0 Å². The van der Waals surface area contributed by atoms with Gasteiger partial charge in [-0.1, -0.05) is 11.6 Å². The number of rotatable bonds is 6. The fourth-order valence-corrected chi connectivity index (χ4v) is 3.46. The number of anilines is 1. The summed E-state index contributed by atoms with van der Waals surface area (Å²) in [6.07, 6.45) is 6.88. The molecule has 0 spiro atoms. The number of benzene rings is 1. The molecular formula is C22H26ClN3O3. The molecule has 1 aromatic heterocycles. The van der Waals surface area contributed by atoms with Crippen molar-refractivity contribution in [1.82, 2.24) is 9.88 Å². The molecule has 1 aliphatic rings. The average molecular weight is 416 g/mol. The molecule has 0 aliphatic carbocycles. The second-order valence-corrected chi connectivity index (χ2v) is 7.46. The molecule has 0 radical (unpaired) electrons. The van der Waals surface area contributed by atoms with Crippen LogP contribution in [0.25, 0.3) is 6.08 Å². The third-order valence-corrected chi connectivity index (χ3v) is 4.92. The molecule has 0 bridgehead atoms. The van der Waals surface area contributed by atoms with Crippen molar-refractivity contribution in [3.63, 3.8) is 0 Å². The van der Waals surface area contributed by atoms with E-state index in [0.717, 1.165) is 24.3 Å². The Hall–Kier alpha value is -2.73. The van der Waals surface area contributed by atoms with Gasteiger partial charge in [0, 0.05) is 50.3 Å². The highest BCUT2D eigenvalue weighted by Gasteiger charge is 2.20. The molecule has 0 unspecified atom stereocenters. The third-order valence-electron chi connectivity index (χ3n) is 4.64. The van der Waals surface area contributed by atoms with E-state index in [2.05, 4.69) is 9.88 Å². The van der Waals surface area contributed by atoms with Crippen LogP contribution >= 0.6 is 11.6 Å². The Balaban J connectivity index is 1.63. The number of carbonyl (C=O) groups excluding carboxylic acids is 1. The van der Waals surface area contributed by atoms with E-state index in [1.165, 1.54) is 0 Å². The predicted molar refractivity (Wildman–Crippen MR) is 116 cm³/mol. The van der Waals surface area contributed by atoms with Gasteiger partial charge in [-0.25, -0.2) is 0 Å². The first kappa shape index (κ1) is 21.0. The fraction of sp³-hybridized carbons (Fsp3) is 0.364. The van der Waals surface area contributed by atoms with Crippen LogP contribution in [0, 0.1) is 0 Å². The Morgan fingerprint density at radius 3 is 2.48 bits per heavy atom. The van der Waals surface area contributed by atoms with Crippen molar-refractivity contribution in [2.45, 2.75) is 20.0 Å². The standard InChI is InChI=1S/C22H26ClN3O3/c1-16(2)29-22-19(23)14-17(15-20(22)28-3)4-5-21(27)26-12-10-25(11-13-26)18-6-8-24-9-7-18/h4-9,14-16H,10-13H2,1-3H3/b5-4+. The normalized spacial score (nSPS) is 14.5. The van der Waals surface area contributed by atoms with Gasteiger partial charge in [-0.2, -0.15) is 0 Å². The second kappa shape index (κ2) is 9.65. The molecule has 0 saturated carbocycles. The van der Waals surface area contributed by atoms with Crippen molar-refractivity contribution in [2.75, 3.05) is 38.2 Å². The second-order valence-electron chi connectivity index (χ2n) is 7.05. The summed E-state index contributed by atoms with van der Waals surface area (Å²) in [4.78, 5) is 20.7. The maximum absolute atomic E-state index is 12.6. The lowest BCUT2D eigenvalue weighted by Crippen LogP contribution is -2.48. The summed E-state index contributed by atoms with van der Waals surface area (Å²) < 4.78 is 11.1. The molecule has 7 heteroatoms. The maximum atomic E-state index is 12.6. The largest absolute Gasteiger partial charge is 0.493 e. The number of methoxy groups -OCH3 is 1. The van der Waals surface area contributed by atoms with Crippen LogP contribution in [-0.4, -0.2) is 55.2 Å². The van der Waals surface area contributed by atoms with Crippen LogP contribution in [0.5, 0.6) is 11.5 Å². The number of halogens is 1. The summed E-state index contributed by atoms with van der Waals surface area (Å²) in [6, 6.07) is 7.56. The van der Waals surface area contributed by atoms with Crippen molar-refractivity contribution in [2.24, 2.45) is 0 Å².